The Morgan fingerprint density at radius 1 is 1.56 bits per heavy atom. The van der Waals surface area contributed by atoms with Crippen molar-refractivity contribution < 1.29 is 0 Å². The van der Waals surface area contributed by atoms with Crippen LogP contribution in [0.4, 0.5) is 5.82 Å². The lowest BCUT2D eigenvalue weighted by molar-refractivity contribution is 1.07. The maximum absolute atomic E-state index is 5.74. The molecule has 2 rings (SSSR count). The van der Waals surface area contributed by atoms with Gasteiger partial charge in [0.25, 0.3) is 0 Å². The Labute approximate surface area is 111 Å². The molecular formula is C10H9BrClN3S. The Balaban J connectivity index is 2.07. The molecule has 0 aliphatic carbocycles. The highest BCUT2D eigenvalue weighted by molar-refractivity contribution is 9.10. The van der Waals surface area contributed by atoms with Crippen molar-refractivity contribution in [2.24, 2.45) is 0 Å². The summed E-state index contributed by atoms with van der Waals surface area (Å²) in [7, 11) is 0. The maximum atomic E-state index is 5.74. The Morgan fingerprint density at radius 2 is 2.38 bits per heavy atom. The molecule has 0 aromatic carbocycles. The van der Waals surface area contributed by atoms with Crippen LogP contribution in [0.5, 0.6) is 0 Å². The minimum absolute atomic E-state index is 0.264. The summed E-state index contributed by atoms with van der Waals surface area (Å²) in [5.74, 6) is 0.782. The normalized spacial score (nSPS) is 10.4. The molecule has 2 heterocycles. The summed E-state index contributed by atoms with van der Waals surface area (Å²) in [6.07, 6.45) is 1.71. The molecule has 2 aromatic rings. The lowest BCUT2D eigenvalue weighted by Crippen LogP contribution is -2.02. The number of halogens is 2. The van der Waals surface area contributed by atoms with Crippen LogP contribution in [0, 0.1) is 6.92 Å². The lowest BCUT2D eigenvalue weighted by Gasteiger charge is -2.06. The van der Waals surface area contributed by atoms with Gasteiger partial charge in [0.1, 0.15) is 5.82 Å². The third-order valence-electron chi connectivity index (χ3n) is 1.99. The molecular weight excluding hydrogens is 310 g/mol. The number of nitrogens with one attached hydrogen (secondary N) is 1. The Hall–Kier alpha value is -0.650. The number of hydrogen-bond acceptors (Lipinski definition) is 4. The second-order valence-electron chi connectivity index (χ2n) is 3.26. The smallest absolute Gasteiger partial charge is 0.224 e. The first kappa shape index (κ1) is 11.8. The predicted molar refractivity (Wildman–Crippen MR) is 71.1 cm³/mol. The monoisotopic (exact) mass is 317 g/mol. The van der Waals surface area contributed by atoms with Gasteiger partial charge in [-0.25, -0.2) is 9.97 Å². The Bertz CT molecular complexity index is 501. The molecule has 0 unspecified atom stereocenters. The van der Waals surface area contributed by atoms with Crippen LogP contribution in [0.15, 0.2) is 22.1 Å². The van der Waals surface area contributed by atoms with Crippen LogP contribution in [0.25, 0.3) is 0 Å². The molecule has 0 amide bonds. The number of nitrogens with zero attached hydrogens (tertiary/aromatic N) is 2. The molecule has 0 fully saturated rings. The molecule has 0 aliphatic heterocycles. The summed E-state index contributed by atoms with van der Waals surface area (Å²) >= 11 is 10.8. The van der Waals surface area contributed by atoms with Gasteiger partial charge in [-0.3, -0.25) is 0 Å². The second-order valence-corrected chi connectivity index (χ2v) is 5.50. The number of aryl methyl sites for hydroxylation is 1. The molecule has 0 spiro atoms. The van der Waals surface area contributed by atoms with Gasteiger partial charge < -0.3 is 5.32 Å². The molecule has 0 bridgehead atoms. The molecule has 2 aromatic heterocycles. The quantitative estimate of drug-likeness (QED) is 0.873. The summed E-state index contributed by atoms with van der Waals surface area (Å²) in [6, 6.07) is 2.08. The van der Waals surface area contributed by atoms with Gasteiger partial charge in [0.15, 0.2) is 0 Å². The fourth-order valence-electron chi connectivity index (χ4n) is 1.22. The first-order chi connectivity index (χ1) is 7.65. The van der Waals surface area contributed by atoms with Gasteiger partial charge in [-0.05, 0) is 40.5 Å². The molecule has 0 saturated heterocycles. The third kappa shape index (κ3) is 2.93. The topological polar surface area (TPSA) is 37.8 Å². The molecule has 0 radical (unpaired) electrons. The van der Waals surface area contributed by atoms with Crippen molar-refractivity contribution in [2.45, 2.75) is 13.5 Å². The van der Waals surface area contributed by atoms with E-state index in [0.717, 1.165) is 22.4 Å². The molecule has 0 aliphatic rings. The van der Waals surface area contributed by atoms with Crippen LogP contribution in [0.1, 0.15) is 10.4 Å². The minimum atomic E-state index is 0.264. The lowest BCUT2D eigenvalue weighted by atomic mass is 10.3. The van der Waals surface area contributed by atoms with Crippen molar-refractivity contribution in [3.8, 4) is 0 Å². The van der Waals surface area contributed by atoms with E-state index in [2.05, 4.69) is 42.7 Å². The van der Waals surface area contributed by atoms with Gasteiger partial charge in [-0.2, -0.15) is 0 Å². The van der Waals surface area contributed by atoms with E-state index in [9.17, 15) is 0 Å². The number of thiophene rings is 1. The van der Waals surface area contributed by atoms with Crippen LogP contribution < -0.4 is 5.32 Å². The van der Waals surface area contributed by atoms with Crippen LogP contribution in [-0.2, 0) is 6.54 Å². The summed E-state index contributed by atoms with van der Waals surface area (Å²) in [4.78, 5) is 9.28. The number of rotatable bonds is 3. The molecule has 84 valence electrons. The van der Waals surface area contributed by atoms with Crippen molar-refractivity contribution in [3.63, 3.8) is 0 Å². The number of hydrogen-bond donors (Lipinski definition) is 1. The van der Waals surface area contributed by atoms with Crippen molar-refractivity contribution in [1.29, 1.82) is 0 Å². The summed E-state index contributed by atoms with van der Waals surface area (Å²) < 4.78 is 1.10. The first-order valence-electron chi connectivity index (χ1n) is 4.61. The van der Waals surface area contributed by atoms with Gasteiger partial charge in [0.05, 0.1) is 6.54 Å². The zero-order valence-corrected chi connectivity index (χ0v) is 11.7. The van der Waals surface area contributed by atoms with Crippen LogP contribution in [0.3, 0.4) is 0 Å². The standard InChI is InChI=1S/C10H9BrClN3S/c1-6-3-14-10(12)15-9(6)13-4-8-2-7(11)5-16-8/h2-3,5H,4H2,1H3,(H,13,14,15). The highest BCUT2D eigenvalue weighted by atomic mass is 79.9. The van der Waals surface area contributed by atoms with Gasteiger partial charge >= 0.3 is 0 Å². The van der Waals surface area contributed by atoms with E-state index >= 15 is 0 Å². The largest absolute Gasteiger partial charge is 0.365 e. The molecule has 0 atom stereocenters. The molecule has 0 saturated carbocycles. The average molecular weight is 319 g/mol. The maximum Gasteiger partial charge on any atom is 0.224 e. The minimum Gasteiger partial charge on any atom is -0.365 e. The van der Waals surface area contributed by atoms with Gasteiger partial charge in [0, 0.05) is 26.5 Å². The van der Waals surface area contributed by atoms with Gasteiger partial charge in [-0.15, -0.1) is 11.3 Å². The van der Waals surface area contributed by atoms with Crippen molar-refractivity contribution >= 4 is 44.7 Å². The van der Waals surface area contributed by atoms with Crippen molar-refractivity contribution in [2.75, 3.05) is 5.32 Å². The molecule has 1 N–H and O–H groups in total. The van der Waals surface area contributed by atoms with Crippen molar-refractivity contribution in [3.05, 3.63) is 37.8 Å². The fraction of sp³-hybridized carbons (Fsp3) is 0.200. The third-order valence-corrected chi connectivity index (χ3v) is 3.87. The van der Waals surface area contributed by atoms with E-state index in [4.69, 9.17) is 11.6 Å². The number of anilines is 1. The van der Waals surface area contributed by atoms with E-state index in [1.807, 2.05) is 6.92 Å². The van der Waals surface area contributed by atoms with E-state index in [0.29, 0.717) is 0 Å². The molecule has 3 nitrogen and oxygen atoms in total. The van der Waals surface area contributed by atoms with E-state index in [-0.39, 0.29) is 5.28 Å². The van der Waals surface area contributed by atoms with E-state index < -0.39 is 0 Å². The highest BCUT2D eigenvalue weighted by Crippen LogP contribution is 2.21. The molecule has 6 heteroatoms. The fourth-order valence-corrected chi connectivity index (χ4v) is 2.74. The van der Waals surface area contributed by atoms with Crippen LogP contribution in [0.2, 0.25) is 5.28 Å². The van der Waals surface area contributed by atoms with Crippen LogP contribution in [-0.4, -0.2) is 9.97 Å². The summed E-state index contributed by atoms with van der Waals surface area (Å²) in [5.41, 5.74) is 0.986. The zero-order chi connectivity index (χ0) is 11.5. The summed E-state index contributed by atoms with van der Waals surface area (Å²) in [6.45, 7) is 2.69. The highest BCUT2D eigenvalue weighted by Gasteiger charge is 2.03. The Kier molecular flexibility index (Phi) is 3.78. The average Bonchev–Trinajstić information content (AvgIpc) is 2.66. The first-order valence-corrected chi connectivity index (χ1v) is 6.66. The zero-order valence-electron chi connectivity index (χ0n) is 8.50. The predicted octanol–water partition coefficient (Wildman–Crippen LogP) is 3.87. The second kappa shape index (κ2) is 5.12. The number of aromatic nitrogens is 2. The SMILES string of the molecule is Cc1cnc(Cl)nc1NCc1cc(Br)cs1. The van der Waals surface area contributed by atoms with Crippen LogP contribution >= 0.6 is 38.9 Å². The Morgan fingerprint density at radius 3 is 3.06 bits per heavy atom. The molecule has 16 heavy (non-hydrogen) atoms. The van der Waals surface area contributed by atoms with Crippen molar-refractivity contribution in [1.82, 2.24) is 9.97 Å². The summed E-state index contributed by atoms with van der Waals surface area (Å²) in [5, 5.41) is 5.55. The van der Waals surface area contributed by atoms with E-state index in [1.54, 1.807) is 17.5 Å². The van der Waals surface area contributed by atoms with E-state index in [1.165, 1.54) is 4.88 Å². The van der Waals surface area contributed by atoms with Gasteiger partial charge in [0.2, 0.25) is 5.28 Å². The van der Waals surface area contributed by atoms with Gasteiger partial charge in [-0.1, -0.05) is 0 Å².